The molecule has 20 heavy (non-hydrogen) atoms. The van der Waals surface area contributed by atoms with Crippen molar-refractivity contribution in [3.8, 4) is 0 Å². The maximum Gasteiger partial charge on any atom is 0.329 e. The number of hydrogen-bond acceptors (Lipinski definition) is 2. The first-order valence-corrected chi connectivity index (χ1v) is 6.51. The van der Waals surface area contributed by atoms with Crippen LogP contribution in [0.4, 0.5) is 10.1 Å². The Hall–Kier alpha value is -2.17. The van der Waals surface area contributed by atoms with Gasteiger partial charge >= 0.3 is 5.97 Å². The fourth-order valence-corrected chi connectivity index (χ4v) is 2.25. The fourth-order valence-electron chi connectivity index (χ4n) is 2.25. The summed E-state index contributed by atoms with van der Waals surface area (Å²) in [6, 6.07) is 4.32. The standard InChI is InChI=1S/C15H16FNO3/c1-3-9(2)8-17-14-10(5-4-6-12(14)16)11(15(17)20)7-13(18)19/h4-7,9H,3,8H2,1-2H3,(H,18,19). The van der Waals surface area contributed by atoms with E-state index in [-0.39, 0.29) is 17.2 Å². The number of nitrogens with zero attached hydrogens (tertiary/aromatic N) is 1. The van der Waals surface area contributed by atoms with Gasteiger partial charge in [-0.2, -0.15) is 0 Å². The number of rotatable bonds is 4. The summed E-state index contributed by atoms with van der Waals surface area (Å²) in [5.41, 5.74) is 0.571. The number of halogens is 1. The first kappa shape index (κ1) is 14.2. The van der Waals surface area contributed by atoms with Crippen molar-refractivity contribution in [2.75, 3.05) is 11.4 Å². The van der Waals surface area contributed by atoms with Crippen molar-refractivity contribution in [3.63, 3.8) is 0 Å². The smallest absolute Gasteiger partial charge is 0.329 e. The van der Waals surface area contributed by atoms with Gasteiger partial charge in [-0.1, -0.05) is 32.4 Å². The van der Waals surface area contributed by atoms with Crippen LogP contribution in [0.25, 0.3) is 5.57 Å². The van der Waals surface area contributed by atoms with Crippen LogP contribution in [0.3, 0.4) is 0 Å². The minimum absolute atomic E-state index is 0.0373. The van der Waals surface area contributed by atoms with Gasteiger partial charge in [-0.3, -0.25) is 4.79 Å². The normalized spacial score (nSPS) is 17.4. The number of carboxylic acid groups (broad SMARTS) is 1. The highest BCUT2D eigenvalue weighted by Gasteiger charge is 2.35. The first-order valence-electron chi connectivity index (χ1n) is 6.51. The van der Waals surface area contributed by atoms with Crippen LogP contribution in [-0.4, -0.2) is 23.5 Å². The lowest BCUT2D eigenvalue weighted by atomic mass is 10.1. The molecule has 1 aromatic carbocycles. The van der Waals surface area contributed by atoms with Crippen LogP contribution in [-0.2, 0) is 9.59 Å². The second-order valence-corrected chi connectivity index (χ2v) is 4.96. The Balaban J connectivity index is 2.53. The van der Waals surface area contributed by atoms with Crippen molar-refractivity contribution in [1.29, 1.82) is 0 Å². The molecule has 1 heterocycles. The maximum absolute atomic E-state index is 14.0. The van der Waals surface area contributed by atoms with E-state index in [0.717, 1.165) is 12.5 Å². The average molecular weight is 277 g/mol. The highest BCUT2D eigenvalue weighted by molar-refractivity contribution is 6.34. The summed E-state index contributed by atoms with van der Waals surface area (Å²) >= 11 is 0. The number of hydrogen-bond donors (Lipinski definition) is 1. The van der Waals surface area contributed by atoms with E-state index in [2.05, 4.69) is 0 Å². The minimum Gasteiger partial charge on any atom is -0.478 e. The van der Waals surface area contributed by atoms with E-state index in [4.69, 9.17) is 5.11 Å². The van der Waals surface area contributed by atoms with E-state index in [0.29, 0.717) is 12.1 Å². The fraction of sp³-hybridized carbons (Fsp3) is 0.333. The molecule has 4 nitrogen and oxygen atoms in total. The summed E-state index contributed by atoms with van der Waals surface area (Å²) in [6.45, 7) is 4.33. The number of benzene rings is 1. The molecule has 0 saturated heterocycles. The summed E-state index contributed by atoms with van der Waals surface area (Å²) in [7, 11) is 0. The van der Waals surface area contributed by atoms with Gasteiger partial charge in [0.2, 0.25) is 0 Å². The number of fused-ring (bicyclic) bond motifs is 1. The van der Waals surface area contributed by atoms with Crippen molar-refractivity contribution >= 4 is 23.1 Å². The number of carboxylic acids is 1. The van der Waals surface area contributed by atoms with Crippen LogP contribution in [0.15, 0.2) is 24.3 Å². The summed E-state index contributed by atoms with van der Waals surface area (Å²) in [4.78, 5) is 24.5. The Morgan fingerprint density at radius 3 is 2.80 bits per heavy atom. The van der Waals surface area contributed by atoms with Gasteiger partial charge in [-0.25, -0.2) is 9.18 Å². The molecule has 0 aliphatic carbocycles. The molecule has 1 aliphatic heterocycles. The molecule has 1 aliphatic rings. The Morgan fingerprint density at radius 1 is 1.50 bits per heavy atom. The van der Waals surface area contributed by atoms with Gasteiger partial charge in [-0.15, -0.1) is 0 Å². The first-order chi connectivity index (χ1) is 9.45. The van der Waals surface area contributed by atoms with E-state index in [1.54, 1.807) is 6.07 Å². The number of amides is 1. The quantitative estimate of drug-likeness (QED) is 0.861. The average Bonchev–Trinajstić information content (AvgIpc) is 2.65. The second kappa shape index (κ2) is 5.45. The number of carbonyl (C=O) groups excluding carboxylic acids is 1. The SMILES string of the molecule is CCC(C)CN1C(=O)C(=CC(=O)O)c2cccc(F)c21. The summed E-state index contributed by atoms with van der Waals surface area (Å²) in [6.07, 6.45) is 1.70. The monoisotopic (exact) mass is 277 g/mol. The van der Waals surface area contributed by atoms with Gasteiger partial charge in [0, 0.05) is 18.2 Å². The van der Waals surface area contributed by atoms with Crippen LogP contribution >= 0.6 is 0 Å². The molecule has 1 N–H and O–H groups in total. The lowest BCUT2D eigenvalue weighted by Crippen LogP contribution is -2.31. The van der Waals surface area contributed by atoms with Crippen molar-refractivity contribution in [2.45, 2.75) is 20.3 Å². The molecule has 2 rings (SSSR count). The highest BCUT2D eigenvalue weighted by Crippen LogP contribution is 2.39. The minimum atomic E-state index is -1.21. The molecule has 0 spiro atoms. The van der Waals surface area contributed by atoms with Crippen LogP contribution in [0.5, 0.6) is 0 Å². The molecule has 0 aromatic heterocycles. The zero-order valence-electron chi connectivity index (χ0n) is 11.4. The van der Waals surface area contributed by atoms with Crippen molar-refractivity contribution in [3.05, 3.63) is 35.7 Å². The maximum atomic E-state index is 14.0. The number of anilines is 1. The molecule has 106 valence electrons. The molecule has 1 amide bonds. The van der Waals surface area contributed by atoms with Crippen molar-refractivity contribution < 1.29 is 19.1 Å². The van der Waals surface area contributed by atoms with Gasteiger partial charge in [0.25, 0.3) is 5.91 Å². The molecule has 1 aromatic rings. The summed E-state index contributed by atoms with van der Waals surface area (Å²) in [5.74, 6) is -1.97. The van der Waals surface area contributed by atoms with Crippen LogP contribution in [0, 0.1) is 11.7 Å². The Kier molecular flexibility index (Phi) is 3.88. The van der Waals surface area contributed by atoms with E-state index in [1.165, 1.54) is 17.0 Å². The summed E-state index contributed by atoms with van der Waals surface area (Å²) < 4.78 is 14.0. The number of carbonyl (C=O) groups is 2. The van der Waals surface area contributed by atoms with Crippen molar-refractivity contribution in [2.24, 2.45) is 5.92 Å². The molecule has 1 unspecified atom stereocenters. The van der Waals surface area contributed by atoms with E-state index in [1.807, 2.05) is 13.8 Å². The van der Waals surface area contributed by atoms with Crippen LogP contribution in [0.2, 0.25) is 0 Å². The molecule has 0 bridgehead atoms. The molecule has 0 saturated carbocycles. The lowest BCUT2D eigenvalue weighted by Gasteiger charge is -2.21. The Morgan fingerprint density at radius 2 is 2.20 bits per heavy atom. The third-order valence-corrected chi connectivity index (χ3v) is 3.48. The zero-order chi connectivity index (χ0) is 14.9. The molecular formula is C15H16FNO3. The van der Waals surface area contributed by atoms with Gasteiger partial charge in [0.05, 0.1) is 11.3 Å². The van der Waals surface area contributed by atoms with Crippen LogP contribution < -0.4 is 4.90 Å². The molecular weight excluding hydrogens is 261 g/mol. The van der Waals surface area contributed by atoms with Gasteiger partial charge in [-0.05, 0) is 12.0 Å². The predicted octanol–water partition coefficient (Wildman–Crippen LogP) is 2.69. The van der Waals surface area contributed by atoms with E-state index >= 15 is 0 Å². The second-order valence-electron chi connectivity index (χ2n) is 4.96. The molecule has 0 radical (unpaired) electrons. The van der Waals surface area contributed by atoms with Crippen LogP contribution in [0.1, 0.15) is 25.8 Å². The van der Waals surface area contributed by atoms with E-state index < -0.39 is 17.7 Å². The van der Waals surface area contributed by atoms with Gasteiger partial charge < -0.3 is 10.0 Å². The van der Waals surface area contributed by atoms with Gasteiger partial charge in [0.1, 0.15) is 5.82 Å². The topological polar surface area (TPSA) is 57.6 Å². The zero-order valence-corrected chi connectivity index (χ0v) is 11.4. The molecule has 0 fully saturated rings. The Labute approximate surface area is 116 Å². The third kappa shape index (κ3) is 2.43. The lowest BCUT2D eigenvalue weighted by molar-refractivity contribution is -0.131. The van der Waals surface area contributed by atoms with Gasteiger partial charge in [0.15, 0.2) is 0 Å². The molecule has 1 atom stereocenters. The van der Waals surface area contributed by atoms with Crippen molar-refractivity contribution in [1.82, 2.24) is 0 Å². The highest BCUT2D eigenvalue weighted by atomic mass is 19.1. The van der Waals surface area contributed by atoms with E-state index in [9.17, 15) is 14.0 Å². The number of para-hydroxylation sites is 1. The Bertz CT molecular complexity index is 595. The molecule has 5 heteroatoms. The largest absolute Gasteiger partial charge is 0.478 e. The predicted molar refractivity (Wildman–Crippen MR) is 73.8 cm³/mol. The number of aliphatic carboxylic acids is 1. The summed E-state index contributed by atoms with van der Waals surface area (Å²) in [5, 5.41) is 8.86. The third-order valence-electron chi connectivity index (χ3n) is 3.48.